The van der Waals surface area contributed by atoms with Crippen LogP contribution in [0.3, 0.4) is 0 Å². The molecule has 0 aliphatic heterocycles. The average Bonchev–Trinajstić information content (AvgIpc) is 2.97. The van der Waals surface area contributed by atoms with Crippen LogP contribution in [0.2, 0.25) is 0 Å². The molecule has 0 saturated carbocycles. The first-order chi connectivity index (χ1) is 12.6. The van der Waals surface area contributed by atoms with E-state index in [0.29, 0.717) is 11.4 Å². The highest BCUT2D eigenvalue weighted by Gasteiger charge is 2.17. The van der Waals surface area contributed by atoms with Crippen LogP contribution in [-0.2, 0) is 29.6 Å². The molecule has 0 spiro atoms. The van der Waals surface area contributed by atoms with Crippen LogP contribution in [-0.4, -0.2) is 15.5 Å². The van der Waals surface area contributed by atoms with Gasteiger partial charge in [0.1, 0.15) is 12.4 Å². The Kier molecular flexibility index (Phi) is 5.32. The Morgan fingerprint density at radius 2 is 1.69 bits per heavy atom. The molecule has 4 heteroatoms. The molecule has 2 aromatic carbocycles. The number of carbonyl (C=O) groups is 1. The van der Waals surface area contributed by atoms with Crippen LogP contribution in [0.5, 0.6) is 0 Å². The number of carbonyl (C=O) groups excluding carboxylic acids is 1. The minimum atomic E-state index is -0.404. The zero-order chi connectivity index (χ0) is 18.5. The summed E-state index contributed by atoms with van der Waals surface area (Å²) in [5, 5.41) is 0. The van der Waals surface area contributed by atoms with Gasteiger partial charge in [0.05, 0.1) is 5.69 Å². The number of imidazole rings is 1. The lowest BCUT2D eigenvalue weighted by atomic mass is 10.0. The lowest BCUT2D eigenvalue weighted by Crippen LogP contribution is -2.09. The molecule has 3 aromatic rings. The molecule has 1 heterocycles. The van der Waals surface area contributed by atoms with Gasteiger partial charge in [-0.05, 0) is 12.5 Å². The molecule has 0 saturated heterocycles. The van der Waals surface area contributed by atoms with Gasteiger partial charge in [-0.15, -0.1) is 0 Å². The van der Waals surface area contributed by atoms with Crippen molar-refractivity contribution in [3.63, 3.8) is 0 Å². The predicted octanol–water partition coefficient (Wildman–Crippen LogP) is 4.30. The lowest BCUT2D eigenvalue weighted by Gasteiger charge is -2.08. The predicted molar refractivity (Wildman–Crippen MR) is 103 cm³/mol. The SMILES string of the molecule is C=C(C)C(=O)OCc1nc(-c2ccccc2)c(Cc2ccccc2)n1C. The maximum absolute atomic E-state index is 11.7. The summed E-state index contributed by atoms with van der Waals surface area (Å²) in [7, 11) is 1.96. The summed E-state index contributed by atoms with van der Waals surface area (Å²) < 4.78 is 7.32. The van der Waals surface area contributed by atoms with Crippen LogP contribution in [0.15, 0.2) is 72.8 Å². The van der Waals surface area contributed by atoms with E-state index in [0.717, 1.165) is 23.4 Å². The molecule has 0 N–H and O–H groups in total. The molecule has 0 bridgehead atoms. The molecule has 0 radical (unpaired) electrons. The normalized spacial score (nSPS) is 10.5. The Balaban J connectivity index is 1.97. The minimum Gasteiger partial charge on any atom is -0.454 e. The third-order valence-corrected chi connectivity index (χ3v) is 4.25. The van der Waals surface area contributed by atoms with Gasteiger partial charge in [0.25, 0.3) is 0 Å². The van der Waals surface area contributed by atoms with Crippen LogP contribution < -0.4 is 0 Å². The molecule has 4 nitrogen and oxygen atoms in total. The molecule has 0 aliphatic rings. The van der Waals surface area contributed by atoms with E-state index in [1.807, 2.05) is 60.1 Å². The quantitative estimate of drug-likeness (QED) is 0.494. The van der Waals surface area contributed by atoms with Gasteiger partial charge in [-0.1, -0.05) is 67.2 Å². The number of rotatable bonds is 6. The van der Waals surface area contributed by atoms with Gasteiger partial charge in [-0.2, -0.15) is 0 Å². The van der Waals surface area contributed by atoms with E-state index in [4.69, 9.17) is 9.72 Å². The number of hydrogen-bond acceptors (Lipinski definition) is 3. The van der Waals surface area contributed by atoms with E-state index in [1.165, 1.54) is 5.56 Å². The highest BCUT2D eigenvalue weighted by Crippen LogP contribution is 2.26. The number of benzene rings is 2. The molecule has 0 unspecified atom stereocenters. The zero-order valence-electron chi connectivity index (χ0n) is 15.1. The third kappa shape index (κ3) is 3.91. The minimum absolute atomic E-state index is 0.122. The fourth-order valence-electron chi connectivity index (χ4n) is 2.78. The summed E-state index contributed by atoms with van der Waals surface area (Å²) in [4.78, 5) is 16.5. The van der Waals surface area contributed by atoms with E-state index < -0.39 is 5.97 Å². The molecule has 0 atom stereocenters. The molecule has 132 valence electrons. The van der Waals surface area contributed by atoms with Gasteiger partial charge in [0.15, 0.2) is 0 Å². The molecule has 1 aromatic heterocycles. The highest BCUT2D eigenvalue weighted by molar-refractivity contribution is 5.86. The third-order valence-electron chi connectivity index (χ3n) is 4.25. The standard InChI is InChI=1S/C22H22N2O2/c1-16(2)22(25)26-15-20-23-21(18-12-8-5-9-13-18)19(24(20)3)14-17-10-6-4-7-11-17/h4-13H,1,14-15H2,2-3H3. The van der Waals surface area contributed by atoms with Crippen LogP contribution in [0, 0.1) is 0 Å². The maximum Gasteiger partial charge on any atom is 0.333 e. The van der Waals surface area contributed by atoms with Gasteiger partial charge in [0, 0.05) is 30.3 Å². The Bertz CT molecular complexity index is 912. The second-order valence-corrected chi connectivity index (χ2v) is 6.27. The fraction of sp³-hybridized carbons (Fsp3) is 0.182. The number of hydrogen-bond donors (Lipinski definition) is 0. The summed E-state index contributed by atoms with van der Waals surface area (Å²) in [6, 6.07) is 20.3. The van der Waals surface area contributed by atoms with Crippen LogP contribution in [0.4, 0.5) is 0 Å². The van der Waals surface area contributed by atoms with Crippen molar-refractivity contribution >= 4 is 5.97 Å². The van der Waals surface area contributed by atoms with Crippen molar-refractivity contribution in [2.45, 2.75) is 20.0 Å². The Hall–Kier alpha value is -3.14. The molecule has 26 heavy (non-hydrogen) atoms. The van der Waals surface area contributed by atoms with Crippen LogP contribution in [0.25, 0.3) is 11.3 Å². The van der Waals surface area contributed by atoms with E-state index in [9.17, 15) is 4.79 Å². The second-order valence-electron chi connectivity index (χ2n) is 6.27. The summed E-state index contributed by atoms with van der Waals surface area (Å²) in [6.07, 6.45) is 0.753. The van der Waals surface area contributed by atoms with Crippen molar-refractivity contribution in [3.8, 4) is 11.3 Å². The van der Waals surface area contributed by atoms with Gasteiger partial charge >= 0.3 is 5.97 Å². The first kappa shape index (κ1) is 17.7. The molecule has 3 rings (SSSR count). The first-order valence-corrected chi connectivity index (χ1v) is 8.52. The second kappa shape index (κ2) is 7.83. The number of ether oxygens (including phenoxy) is 1. The summed E-state index contributed by atoms with van der Waals surface area (Å²) in [5.74, 6) is 0.309. The van der Waals surface area contributed by atoms with Gasteiger partial charge in [-0.3, -0.25) is 0 Å². The largest absolute Gasteiger partial charge is 0.454 e. The zero-order valence-corrected chi connectivity index (χ0v) is 15.1. The van der Waals surface area contributed by atoms with Crippen molar-refractivity contribution in [3.05, 3.63) is 89.9 Å². The Labute approximate surface area is 153 Å². The monoisotopic (exact) mass is 346 g/mol. The number of esters is 1. The van der Waals surface area contributed by atoms with Crippen molar-refractivity contribution in [1.29, 1.82) is 0 Å². The highest BCUT2D eigenvalue weighted by atomic mass is 16.5. The van der Waals surface area contributed by atoms with Gasteiger partial charge in [-0.25, -0.2) is 9.78 Å². The molecular weight excluding hydrogens is 324 g/mol. The average molecular weight is 346 g/mol. The molecule has 0 fully saturated rings. The summed E-state index contributed by atoms with van der Waals surface area (Å²) >= 11 is 0. The van der Waals surface area contributed by atoms with Crippen molar-refractivity contribution < 1.29 is 9.53 Å². The Morgan fingerprint density at radius 3 is 2.31 bits per heavy atom. The van der Waals surface area contributed by atoms with Gasteiger partial charge in [0.2, 0.25) is 0 Å². The number of aromatic nitrogens is 2. The molecular formula is C22H22N2O2. The van der Waals surface area contributed by atoms with Gasteiger partial charge < -0.3 is 9.30 Å². The number of nitrogens with zero attached hydrogens (tertiary/aromatic N) is 2. The maximum atomic E-state index is 11.7. The lowest BCUT2D eigenvalue weighted by molar-refractivity contribution is -0.140. The van der Waals surface area contributed by atoms with Crippen LogP contribution >= 0.6 is 0 Å². The van der Waals surface area contributed by atoms with E-state index >= 15 is 0 Å². The van der Waals surface area contributed by atoms with Crippen molar-refractivity contribution in [1.82, 2.24) is 9.55 Å². The van der Waals surface area contributed by atoms with E-state index in [2.05, 4.69) is 18.7 Å². The van der Waals surface area contributed by atoms with E-state index in [1.54, 1.807) is 6.92 Å². The smallest absolute Gasteiger partial charge is 0.333 e. The van der Waals surface area contributed by atoms with Crippen molar-refractivity contribution in [2.24, 2.45) is 7.05 Å². The topological polar surface area (TPSA) is 44.1 Å². The first-order valence-electron chi connectivity index (χ1n) is 8.52. The fourth-order valence-corrected chi connectivity index (χ4v) is 2.78. The molecule has 0 aliphatic carbocycles. The summed E-state index contributed by atoms with van der Waals surface area (Å²) in [5.41, 5.74) is 4.64. The van der Waals surface area contributed by atoms with Crippen molar-refractivity contribution in [2.75, 3.05) is 0 Å². The van der Waals surface area contributed by atoms with Crippen LogP contribution in [0.1, 0.15) is 24.0 Å². The molecule has 0 amide bonds. The summed E-state index contributed by atoms with van der Waals surface area (Å²) in [6.45, 7) is 5.37. The van der Waals surface area contributed by atoms with E-state index in [-0.39, 0.29) is 6.61 Å². The Morgan fingerprint density at radius 1 is 1.08 bits per heavy atom.